The highest BCUT2D eigenvalue weighted by Gasteiger charge is 2.34. The smallest absolute Gasteiger partial charge is 0.224 e. The Bertz CT molecular complexity index is 633. The fourth-order valence-electron chi connectivity index (χ4n) is 2.07. The number of hydrogen-bond acceptors (Lipinski definition) is 4. The SMILES string of the molecule is CC(C)c1ccccc1C(C[N+](=O)[O-])NS(=O)(=O)C(C)(C)C. The second-order valence-electron chi connectivity index (χ2n) is 6.59. The predicted molar refractivity (Wildman–Crippen MR) is 86.9 cm³/mol. The summed E-state index contributed by atoms with van der Waals surface area (Å²) in [5.74, 6) is 0.143. The second-order valence-corrected chi connectivity index (χ2v) is 9.05. The Morgan fingerprint density at radius 3 is 2.09 bits per heavy atom. The summed E-state index contributed by atoms with van der Waals surface area (Å²) in [6.07, 6.45) is 0. The van der Waals surface area contributed by atoms with Gasteiger partial charge in [0.05, 0.1) is 4.75 Å². The van der Waals surface area contributed by atoms with Crippen molar-refractivity contribution in [3.05, 3.63) is 45.5 Å². The Balaban J connectivity index is 3.29. The van der Waals surface area contributed by atoms with Crippen LogP contribution in [0, 0.1) is 10.1 Å². The van der Waals surface area contributed by atoms with E-state index < -0.39 is 32.3 Å². The molecule has 1 N–H and O–H groups in total. The van der Waals surface area contributed by atoms with Crippen LogP contribution in [0.3, 0.4) is 0 Å². The Morgan fingerprint density at radius 1 is 1.18 bits per heavy atom. The van der Waals surface area contributed by atoms with Gasteiger partial charge in [-0.25, -0.2) is 13.1 Å². The van der Waals surface area contributed by atoms with Gasteiger partial charge in [0.1, 0.15) is 6.04 Å². The van der Waals surface area contributed by atoms with Gasteiger partial charge in [0.2, 0.25) is 16.6 Å². The third-order valence-electron chi connectivity index (χ3n) is 3.43. The van der Waals surface area contributed by atoms with Crippen molar-refractivity contribution < 1.29 is 13.3 Å². The molecule has 0 aliphatic carbocycles. The number of nitrogens with zero attached hydrogens (tertiary/aromatic N) is 1. The predicted octanol–water partition coefficient (Wildman–Crippen LogP) is 2.85. The monoisotopic (exact) mass is 328 g/mol. The molecule has 0 aromatic heterocycles. The largest absolute Gasteiger partial charge is 0.264 e. The summed E-state index contributed by atoms with van der Waals surface area (Å²) in [5, 5.41) is 11.0. The maximum atomic E-state index is 12.4. The van der Waals surface area contributed by atoms with Crippen LogP contribution in [-0.2, 0) is 10.0 Å². The molecule has 0 radical (unpaired) electrons. The number of nitrogens with one attached hydrogen (secondary N) is 1. The van der Waals surface area contributed by atoms with Crippen molar-refractivity contribution in [2.24, 2.45) is 0 Å². The first-order chi connectivity index (χ1) is 9.95. The van der Waals surface area contributed by atoms with Crippen molar-refractivity contribution in [3.8, 4) is 0 Å². The number of nitro groups is 1. The van der Waals surface area contributed by atoms with Gasteiger partial charge >= 0.3 is 0 Å². The molecule has 0 amide bonds. The zero-order chi connectivity index (χ0) is 17.1. The number of sulfonamides is 1. The summed E-state index contributed by atoms with van der Waals surface area (Å²) in [6.45, 7) is 8.15. The van der Waals surface area contributed by atoms with Gasteiger partial charge in [0, 0.05) is 4.92 Å². The van der Waals surface area contributed by atoms with Crippen LogP contribution in [0.4, 0.5) is 0 Å². The maximum Gasteiger partial charge on any atom is 0.224 e. The van der Waals surface area contributed by atoms with Crippen molar-refractivity contribution in [1.29, 1.82) is 0 Å². The van der Waals surface area contributed by atoms with Crippen LogP contribution in [0.2, 0.25) is 0 Å². The molecule has 22 heavy (non-hydrogen) atoms. The molecule has 7 heteroatoms. The molecule has 0 fully saturated rings. The molecule has 0 spiro atoms. The van der Waals surface area contributed by atoms with Crippen LogP contribution in [0.15, 0.2) is 24.3 Å². The minimum absolute atomic E-state index is 0.143. The molecular weight excluding hydrogens is 304 g/mol. The number of rotatable bonds is 6. The first-order valence-corrected chi connectivity index (χ1v) is 8.66. The summed E-state index contributed by atoms with van der Waals surface area (Å²) in [7, 11) is -3.69. The molecular formula is C15H24N2O4S. The fraction of sp³-hybridized carbons (Fsp3) is 0.600. The van der Waals surface area contributed by atoms with Gasteiger partial charge in [-0.15, -0.1) is 0 Å². The third-order valence-corrected chi connectivity index (χ3v) is 5.64. The average Bonchev–Trinajstić information content (AvgIpc) is 2.35. The maximum absolute atomic E-state index is 12.4. The van der Waals surface area contributed by atoms with Crippen LogP contribution in [0.1, 0.15) is 57.7 Å². The van der Waals surface area contributed by atoms with Crippen LogP contribution in [0.5, 0.6) is 0 Å². The van der Waals surface area contributed by atoms with E-state index in [1.165, 1.54) is 0 Å². The Labute approximate surface area is 132 Å². The highest BCUT2D eigenvalue weighted by molar-refractivity contribution is 7.90. The van der Waals surface area contributed by atoms with Gasteiger partial charge < -0.3 is 0 Å². The van der Waals surface area contributed by atoms with E-state index in [2.05, 4.69) is 4.72 Å². The molecule has 1 rings (SSSR count). The molecule has 1 atom stereocenters. The third kappa shape index (κ3) is 4.51. The zero-order valence-electron chi connectivity index (χ0n) is 13.7. The van der Waals surface area contributed by atoms with Crippen LogP contribution in [-0.4, -0.2) is 24.6 Å². The van der Waals surface area contributed by atoms with Crippen molar-refractivity contribution in [2.45, 2.75) is 51.3 Å². The zero-order valence-corrected chi connectivity index (χ0v) is 14.5. The van der Waals surface area contributed by atoms with E-state index in [-0.39, 0.29) is 5.92 Å². The normalized spacial score (nSPS) is 14.1. The van der Waals surface area contributed by atoms with Crippen molar-refractivity contribution in [3.63, 3.8) is 0 Å². The van der Waals surface area contributed by atoms with Crippen molar-refractivity contribution in [1.82, 2.24) is 4.72 Å². The summed E-state index contributed by atoms with van der Waals surface area (Å²) in [4.78, 5) is 10.5. The lowest BCUT2D eigenvalue weighted by Gasteiger charge is -2.25. The van der Waals surface area contributed by atoms with E-state index in [1.54, 1.807) is 32.9 Å². The molecule has 124 valence electrons. The van der Waals surface area contributed by atoms with Crippen molar-refractivity contribution >= 4 is 10.0 Å². The van der Waals surface area contributed by atoms with E-state index >= 15 is 0 Å². The van der Waals surface area contributed by atoms with E-state index in [1.807, 2.05) is 26.0 Å². The second kappa shape index (κ2) is 6.75. The molecule has 1 aromatic rings. The quantitative estimate of drug-likeness (QED) is 0.642. The molecule has 0 saturated heterocycles. The summed E-state index contributed by atoms with van der Waals surface area (Å²) in [6, 6.07) is 6.35. The minimum Gasteiger partial charge on any atom is -0.264 e. The molecule has 0 saturated carbocycles. The Kier molecular flexibility index (Phi) is 5.70. The summed E-state index contributed by atoms with van der Waals surface area (Å²) < 4.78 is 26.2. The topological polar surface area (TPSA) is 89.3 Å². The number of benzene rings is 1. The molecule has 0 bridgehead atoms. The van der Waals surface area contributed by atoms with Gasteiger partial charge in [0.25, 0.3) is 0 Å². The molecule has 0 heterocycles. The van der Waals surface area contributed by atoms with E-state index in [0.29, 0.717) is 5.56 Å². The molecule has 0 aliphatic rings. The standard InChI is InChI=1S/C15H24N2O4S/c1-11(2)12-8-6-7-9-13(12)14(10-17(18)19)16-22(20,21)15(3,4)5/h6-9,11,14,16H,10H2,1-5H3. The lowest BCUT2D eigenvalue weighted by Crippen LogP contribution is -2.43. The van der Waals surface area contributed by atoms with Crippen LogP contribution >= 0.6 is 0 Å². The molecule has 0 aliphatic heterocycles. The van der Waals surface area contributed by atoms with Crippen LogP contribution in [0.25, 0.3) is 0 Å². The number of hydrogen-bond donors (Lipinski definition) is 1. The van der Waals surface area contributed by atoms with Gasteiger partial charge in [-0.2, -0.15) is 0 Å². The summed E-state index contributed by atoms with van der Waals surface area (Å²) >= 11 is 0. The molecule has 1 aromatic carbocycles. The first-order valence-electron chi connectivity index (χ1n) is 7.18. The van der Waals surface area contributed by atoms with Gasteiger partial charge in [0.15, 0.2) is 0 Å². The summed E-state index contributed by atoms with van der Waals surface area (Å²) in [5.41, 5.74) is 1.56. The fourth-order valence-corrected chi connectivity index (χ4v) is 3.00. The highest BCUT2D eigenvalue weighted by Crippen LogP contribution is 2.27. The lowest BCUT2D eigenvalue weighted by molar-refractivity contribution is -0.483. The van der Waals surface area contributed by atoms with E-state index in [4.69, 9.17) is 0 Å². The van der Waals surface area contributed by atoms with Gasteiger partial charge in [-0.1, -0.05) is 38.1 Å². The Morgan fingerprint density at radius 2 is 1.68 bits per heavy atom. The van der Waals surface area contributed by atoms with Gasteiger partial charge in [-0.3, -0.25) is 10.1 Å². The van der Waals surface area contributed by atoms with Gasteiger partial charge in [-0.05, 0) is 37.8 Å². The molecule has 1 unspecified atom stereocenters. The van der Waals surface area contributed by atoms with Crippen molar-refractivity contribution in [2.75, 3.05) is 6.54 Å². The highest BCUT2D eigenvalue weighted by atomic mass is 32.2. The van der Waals surface area contributed by atoms with E-state index in [9.17, 15) is 18.5 Å². The van der Waals surface area contributed by atoms with E-state index in [0.717, 1.165) is 5.56 Å². The lowest BCUT2D eigenvalue weighted by atomic mass is 9.93. The Hall–Kier alpha value is -1.47. The minimum atomic E-state index is -3.69. The first kappa shape index (κ1) is 18.6. The molecule has 6 nitrogen and oxygen atoms in total. The average molecular weight is 328 g/mol. The van der Waals surface area contributed by atoms with Crippen LogP contribution < -0.4 is 4.72 Å².